The van der Waals surface area contributed by atoms with Crippen molar-refractivity contribution in [3.05, 3.63) is 35.1 Å². The molecule has 1 fully saturated rings. The van der Waals surface area contributed by atoms with Gasteiger partial charge in [-0.25, -0.2) is 4.39 Å². The summed E-state index contributed by atoms with van der Waals surface area (Å²) in [4.78, 5) is 0. The summed E-state index contributed by atoms with van der Waals surface area (Å²) in [6.07, 6.45) is 0.367. The lowest BCUT2D eigenvalue weighted by atomic mass is 9.99. The molecule has 1 aliphatic rings. The summed E-state index contributed by atoms with van der Waals surface area (Å²) >= 11 is 0. The van der Waals surface area contributed by atoms with Gasteiger partial charge in [-0.1, -0.05) is 19.4 Å². The SMILES string of the molecule is CCCC(O)c1ccc(F)cc1C1OCCO1. The molecule has 94 valence electrons. The Morgan fingerprint density at radius 2 is 2.12 bits per heavy atom. The van der Waals surface area contributed by atoms with Crippen molar-refractivity contribution in [1.29, 1.82) is 0 Å². The molecule has 1 atom stereocenters. The van der Waals surface area contributed by atoms with Gasteiger partial charge in [0.05, 0.1) is 19.3 Å². The molecule has 3 nitrogen and oxygen atoms in total. The first-order valence-corrected chi connectivity index (χ1v) is 5.93. The number of aliphatic hydroxyl groups is 1. The van der Waals surface area contributed by atoms with Crippen LogP contribution in [0.15, 0.2) is 18.2 Å². The molecule has 0 saturated carbocycles. The van der Waals surface area contributed by atoms with Crippen LogP contribution in [0.2, 0.25) is 0 Å². The van der Waals surface area contributed by atoms with E-state index in [1.807, 2.05) is 6.92 Å². The summed E-state index contributed by atoms with van der Waals surface area (Å²) in [6.45, 7) is 3.00. The van der Waals surface area contributed by atoms with Gasteiger partial charge in [0.15, 0.2) is 6.29 Å². The van der Waals surface area contributed by atoms with Gasteiger partial charge in [-0.3, -0.25) is 0 Å². The molecule has 0 aromatic heterocycles. The third-order valence-electron chi connectivity index (χ3n) is 2.85. The van der Waals surface area contributed by atoms with Crippen LogP contribution in [0.1, 0.15) is 43.3 Å². The first-order chi connectivity index (χ1) is 8.22. The number of benzene rings is 1. The molecule has 1 aliphatic heterocycles. The van der Waals surface area contributed by atoms with Gasteiger partial charge in [0, 0.05) is 5.56 Å². The first-order valence-electron chi connectivity index (χ1n) is 5.93. The summed E-state index contributed by atoms with van der Waals surface area (Å²) in [6, 6.07) is 4.34. The molecule has 0 amide bonds. The van der Waals surface area contributed by atoms with Crippen molar-refractivity contribution < 1.29 is 19.0 Å². The zero-order valence-corrected chi connectivity index (χ0v) is 9.86. The molecule has 1 N–H and O–H groups in total. The van der Waals surface area contributed by atoms with Crippen LogP contribution in [0.5, 0.6) is 0 Å². The highest BCUT2D eigenvalue weighted by molar-refractivity contribution is 5.31. The van der Waals surface area contributed by atoms with E-state index in [0.29, 0.717) is 30.8 Å². The van der Waals surface area contributed by atoms with Crippen molar-refractivity contribution in [3.63, 3.8) is 0 Å². The first kappa shape index (κ1) is 12.5. The second kappa shape index (κ2) is 5.58. The largest absolute Gasteiger partial charge is 0.388 e. The Hall–Kier alpha value is -0.970. The summed E-state index contributed by atoms with van der Waals surface area (Å²) in [5.74, 6) is -0.341. The number of hydrogen-bond donors (Lipinski definition) is 1. The van der Waals surface area contributed by atoms with Crippen LogP contribution in [0.3, 0.4) is 0 Å². The van der Waals surface area contributed by atoms with Crippen molar-refractivity contribution in [2.45, 2.75) is 32.2 Å². The van der Waals surface area contributed by atoms with Crippen molar-refractivity contribution >= 4 is 0 Å². The average Bonchev–Trinajstić information content (AvgIpc) is 2.82. The minimum Gasteiger partial charge on any atom is -0.388 e. The van der Waals surface area contributed by atoms with E-state index in [2.05, 4.69) is 0 Å². The van der Waals surface area contributed by atoms with E-state index in [9.17, 15) is 9.50 Å². The fourth-order valence-electron chi connectivity index (χ4n) is 2.02. The van der Waals surface area contributed by atoms with E-state index < -0.39 is 12.4 Å². The van der Waals surface area contributed by atoms with Gasteiger partial charge in [0.1, 0.15) is 5.82 Å². The number of ether oxygens (including phenoxy) is 2. The van der Waals surface area contributed by atoms with Gasteiger partial charge in [0.2, 0.25) is 0 Å². The molecule has 1 saturated heterocycles. The van der Waals surface area contributed by atoms with Crippen LogP contribution < -0.4 is 0 Å². The number of rotatable bonds is 4. The Labute approximate surface area is 100 Å². The Morgan fingerprint density at radius 3 is 2.76 bits per heavy atom. The molecule has 0 bridgehead atoms. The zero-order valence-electron chi connectivity index (χ0n) is 9.86. The molecular weight excluding hydrogens is 223 g/mol. The van der Waals surface area contributed by atoms with E-state index in [-0.39, 0.29) is 5.82 Å². The summed E-state index contributed by atoms with van der Waals surface area (Å²) in [5.41, 5.74) is 1.30. The number of aliphatic hydroxyl groups excluding tert-OH is 1. The van der Waals surface area contributed by atoms with Gasteiger partial charge in [-0.05, 0) is 24.1 Å². The molecule has 1 aromatic carbocycles. The maximum Gasteiger partial charge on any atom is 0.184 e. The van der Waals surface area contributed by atoms with Gasteiger partial charge < -0.3 is 14.6 Å². The smallest absolute Gasteiger partial charge is 0.184 e. The topological polar surface area (TPSA) is 38.7 Å². The van der Waals surface area contributed by atoms with Crippen molar-refractivity contribution in [2.24, 2.45) is 0 Å². The highest BCUT2D eigenvalue weighted by Crippen LogP contribution is 2.32. The predicted octanol–water partition coefficient (Wildman–Crippen LogP) is 2.70. The van der Waals surface area contributed by atoms with Crippen molar-refractivity contribution in [3.8, 4) is 0 Å². The van der Waals surface area contributed by atoms with Gasteiger partial charge in [-0.2, -0.15) is 0 Å². The third kappa shape index (κ3) is 2.83. The normalized spacial score (nSPS) is 18.5. The summed E-state index contributed by atoms with van der Waals surface area (Å²) in [5, 5.41) is 10.0. The third-order valence-corrected chi connectivity index (χ3v) is 2.85. The van der Waals surface area contributed by atoms with E-state index in [0.717, 1.165) is 6.42 Å². The lowest BCUT2D eigenvalue weighted by Crippen LogP contribution is -2.08. The predicted molar refractivity (Wildman–Crippen MR) is 60.9 cm³/mol. The minimum absolute atomic E-state index is 0.341. The zero-order chi connectivity index (χ0) is 12.3. The van der Waals surface area contributed by atoms with E-state index in [4.69, 9.17) is 9.47 Å². The molecule has 1 aromatic rings. The maximum absolute atomic E-state index is 13.3. The van der Waals surface area contributed by atoms with Crippen LogP contribution in [0.4, 0.5) is 4.39 Å². The van der Waals surface area contributed by atoms with Gasteiger partial charge in [0.25, 0.3) is 0 Å². The highest BCUT2D eigenvalue weighted by atomic mass is 19.1. The van der Waals surface area contributed by atoms with Crippen LogP contribution in [0.25, 0.3) is 0 Å². The molecule has 4 heteroatoms. The van der Waals surface area contributed by atoms with Crippen molar-refractivity contribution in [2.75, 3.05) is 13.2 Å². The molecule has 0 radical (unpaired) electrons. The second-order valence-corrected chi connectivity index (χ2v) is 4.15. The molecule has 2 rings (SSSR count). The standard InChI is InChI=1S/C13H17FO3/c1-2-3-12(15)10-5-4-9(14)8-11(10)13-16-6-7-17-13/h4-5,8,12-13,15H,2-3,6-7H2,1H3. The highest BCUT2D eigenvalue weighted by Gasteiger charge is 2.24. The molecule has 1 heterocycles. The van der Waals surface area contributed by atoms with Crippen LogP contribution in [-0.4, -0.2) is 18.3 Å². The van der Waals surface area contributed by atoms with Crippen LogP contribution >= 0.6 is 0 Å². The molecule has 0 aliphatic carbocycles. The van der Waals surface area contributed by atoms with E-state index in [1.165, 1.54) is 12.1 Å². The number of hydrogen-bond acceptors (Lipinski definition) is 3. The molecule has 1 unspecified atom stereocenters. The Morgan fingerprint density at radius 1 is 1.41 bits per heavy atom. The van der Waals surface area contributed by atoms with Gasteiger partial charge >= 0.3 is 0 Å². The van der Waals surface area contributed by atoms with E-state index in [1.54, 1.807) is 6.07 Å². The lowest BCUT2D eigenvalue weighted by Gasteiger charge is -2.18. The molecule has 17 heavy (non-hydrogen) atoms. The fraction of sp³-hybridized carbons (Fsp3) is 0.538. The number of halogens is 1. The molecular formula is C13H17FO3. The fourth-order valence-corrected chi connectivity index (χ4v) is 2.02. The Bertz CT molecular complexity index is 375. The second-order valence-electron chi connectivity index (χ2n) is 4.15. The van der Waals surface area contributed by atoms with Crippen molar-refractivity contribution in [1.82, 2.24) is 0 Å². The summed E-state index contributed by atoms with van der Waals surface area (Å²) < 4.78 is 24.0. The van der Waals surface area contributed by atoms with Gasteiger partial charge in [-0.15, -0.1) is 0 Å². The quantitative estimate of drug-likeness (QED) is 0.879. The monoisotopic (exact) mass is 240 g/mol. The Kier molecular flexibility index (Phi) is 4.10. The van der Waals surface area contributed by atoms with Crippen LogP contribution in [0, 0.1) is 5.82 Å². The summed E-state index contributed by atoms with van der Waals surface area (Å²) in [7, 11) is 0. The lowest BCUT2D eigenvalue weighted by molar-refractivity contribution is -0.0463. The van der Waals surface area contributed by atoms with Crippen LogP contribution in [-0.2, 0) is 9.47 Å². The average molecular weight is 240 g/mol. The molecule has 0 spiro atoms. The Balaban J connectivity index is 2.29. The minimum atomic E-state index is -0.594. The van der Waals surface area contributed by atoms with E-state index >= 15 is 0 Å². The maximum atomic E-state index is 13.3.